The molecule has 0 spiro atoms. The third kappa shape index (κ3) is 3.27. The van der Waals surface area contributed by atoms with Crippen LogP contribution < -0.4 is 10.5 Å². The molecule has 2 N–H and O–H groups in total. The van der Waals surface area contributed by atoms with Crippen molar-refractivity contribution in [3.05, 3.63) is 59.4 Å². The molecule has 1 aliphatic rings. The lowest BCUT2D eigenvalue weighted by molar-refractivity contribution is 0.215. The van der Waals surface area contributed by atoms with Gasteiger partial charge in [-0.25, -0.2) is 9.97 Å². The average Bonchev–Trinajstić information content (AvgIpc) is 3.36. The Morgan fingerprint density at radius 1 is 1.15 bits per heavy atom. The molecule has 0 radical (unpaired) electrons. The van der Waals surface area contributed by atoms with Gasteiger partial charge in [0.2, 0.25) is 5.88 Å². The molecule has 1 saturated carbocycles. The Morgan fingerprint density at radius 3 is 2.58 bits per heavy atom. The lowest BCUT2D eigenvalue weighted by Crippen LogP contribution is -2.09. The molecule has 2 heterocycles. The second kappa shape index (κ2) is 6.44. The van der Waals surface area contributed by atoms with Crippen LogP contribution >= 0.6 is 0 Å². The van der Waals surface area contributed by atoms with Crippen LogP contribution in [-0.2, 0) is 0 Å². The van der Waals surface area contributed by atoms with Gasteiger partial charge in [-0.15, -0.1) is 0 Å². The molecule has 26 heavy (non-hydrogen) atoms. The monoisotopic (exact) mass is 349 g/mol. The average molecular weight is 349 g/mol. The van der Waals surface area contributed by atoms with Gasteiger partial charge in [-0.05, 0) is 51.3 Å². The Labute approximate surface area is 153 Å². The number of rotatable bonds is 5. The van der Waals surface area contributed by atoms with Gasteiger partial charge in [0.15, 0.2) is 0 Å². The maximum atomic E-state index is 6.03. The molecule has 0 bridgehead atoms. The van der Waals surface area contributed by atoms with Crippen molar-refractivity contribution in [3.8, 4) is 11.6 Å². The molecule has 1 atom stereocenters. The van der Waals surface area contributed by atoms with E-state index in [2.05, 4.69) is 50.0 Å². The Bertz CT molecular complexity index is 928. The highest BCUT2D eigenvalue weighted by atomic mass is 16.5. The summed E-state index contributed by atoms with van der Waals surface area (Å²) in [6.07, 6.45) is 6.40. The minimum absolute atomic E-state index is 0.138. The lowest BCUT2D eigenvalue weighted by Gasteiger charge is -2.17. The van der Waals surface area contributed by atoms with Crippen molar-refractivity contribution in [2.45, 2.75) is 45.6 Å². The summed E-state index contributed by atoms with van der Waals surface area (Å²) < 4.78 is 8.10. The summed E-state index contributed by atoms with van der Waals surface area (Å²) in [5.74, 6) is 2.27. The van der Waals surface area contributed by atoms with E-state index in [1.807, 2.05) is 27.1 Å². The number of nitrogens with zero attached hydrogens (tertiary/aromatic N) is 4. The fourth-order valence-electron chi connectivity index (χ4n) is 2.96. The van der Waals surface area contributed by atoms with Gasteiger partial charge >= 0.3 is 0 Å². The van der Waals surface area contributed by atoms with E-state index in [0.29, 0.717) is 23.4 Å². The molecule has 2 aromatic heterocycles. The number of nitrogens with two attached hydrogens (primary N) is 1. The molecule has 4 rings (SSSR count). The van der Waals surface area contributed by atoms with Crippen molar-refractivity contribution in [2.75, 3.05) is 5.73 Å². The molecule has 3 aromatic rings. The minimum Gasteiger partial charge on any atom is -0.469 e. The van der Waals surface area contributed by atoms with E-state index < -0.39 is 0 Å². The molecule has 134 valence electrons. The maximum Gasteiger partial charge on any atom is 0.222 e. The summed E-state index contributed by atoms with van der Waals surface area (Å²) in [6, 6.07) is 8.31. The van der Waals surface area contributed by atoms with Crippen molar-refractivity contribution in [1.29, 1.82) is 0 Å². The summed E-state index contributed by atoms with van der Waals surface area (Å²) in [5.41, 5.74) is 10.0. The minimum atomic E-state index is -0.138. The molecule has 1 aliphatic carbocycles. The number of nitrogen functional groups attached to an aromatic ring is 1. The van der Waals surface area contributed by atoms with E-state index in [1.165, 1.54) is 18.5 Å². The van der Waals surface area contributed by atoms with Crippen molar-refractivity contribution in [2.24, 2.45) is 0 Å². The summed E-state index contributed by atoms with van der Waals surface area (Å²) >= 11 is 0. The van der Waals surface area contributed by atoms with Crippen LogP contribution in [0.4, 0.5) is 5.82 Å². The fourth-order valence-corrected chi connectivity index (χ4v) is 2.96. The summed E-state index contributed by atoms with van der Waals surface area (Å²) in [7, 11) is 0. The molecule has 0 amide bonds. The van der Waals surface area contributed by atoms with Crippen LogP contribution in [0.3, 0.4) is 0 Å². The van der Waals surface area contributed by atoms with Gasteiger partial charge in [0.25, 0.3) is 0 Å². The zero-order valence-corrected chi connectivity index (χ0v) is 15.3. The molecule has 6 nitrogen and oxygen atoms in total. The van der Waals surface area contributed by atoms with Gasteiger partial charge in [0.1, 0.15) is 17.7 Å². The molecular formula is C20H23N5O. The lowest BCUT2D eigenvalue weighted by atomic mass is 10.1. The van der Waals surface area contributed by atoms with Crippen LogP contribution in [0.25, 0.3) is 5.69 Å². The third-order valence-corrected chi connectivity index (χ3v) is 4.80. The Morgan fingerprint density at radius 2 is 1.88 bits per heavy atom. The van der Waals surface area contributed by atoms with Crippen LogP contribution in [0.5, 0.6) is 5.88 Å². The van der Waals surface area contributed by atoms with Gasteiger partial charge in [0, 0.05) is 17.8 Å². The molecule has 6 heteroatoms. The number of benzene rings is 1. The van der Waals surface area contributed by atoms with E-state index in [9.17, 15) is 0 Å². The highest BCUT2D eigenvalue weighted by molar-refractivity contribution is 5.44. The Hall–Kier alpha value is -2.89. The Balaban J connectivity index is 1.50. The van der Waals surface area contributed by atoms with Crippen LogP contribution in [0.2, 0.25) is 0 Å². The highest BCUT2D eigenvalue weighted by Gasteiger charge is 2.25. The van der Waals surface area contributed by atoms with Crippen LogP contribution in [0, 0.1) is 13.8 Å². The largest absolute Gasteiger partial charge is 0.469 e. The third-order valence-electron chi connectivity index (χ3n) is 4.80. The number of hydrogen-bond donors (Lipinski definition) is 1. The van der Waals surface area contributed by atoms with Crippen molar-refractivity contribution < 1.29 is 4.74 Å². The van der Waals surface area contributed by atoms with Crippen molar-refractivity contribution in [1.82, 2.24) is 19.5 Å². The standard InChI is InChI=1S/C20H23N5O/c1-12-19(21)23-14(3)24-20(12)26-13(2)15-6-8-17(9-7-15)25-10-18(22-11-25)16-4-5-16/h6-11,13,16H,4-5H2,1-3H3,(H2,21,23,24)/t13-/m0/s1. The number of aromatic nitrogens is 4. The predicted octanol–water partition coefficient (Wildman–Crippen LogP) is 3.88. The predicted molar refractivity (Wildman–Crippen MR) is 101 cm³/mol. The van der Waals surface area contributed by atoms with E-state index in [1.54, 1.807) is 0 Å². The molecule has 0 unspecified atom stereocenters. The zero-order valence-electron chi connectivity index (χ0n) is 15.3. The number of hydrogen-bond acceptors (Lipinski definition) is 5. The smallest absolute Gasteiger partial charge is 0.222 e. The first-order valence-electron chi connectivity index (χ1n) is 8.93. The highest BCUT2D eigenvalue weighted by Crippen LogP contribution is 2.39. The topological polar surface area (TPSA) is 78.9 Å². The van der Waals surface area contributed by atoms with E-state index in [0.717, 1.165) is 16.8 Å². The van der Waals surface area contributed by atoms with E-state index in [-0.39, 0.29) is 6.10 Å². The van der Waals surface area contributed by atoms with Crippen molar-refractivity contribution >= 4 is 5.82 Å². The second-order valence-electron chi connectivity index (χ2n) is 6.92. The molecular weight excluding hydrogens is 326 g/mol. The number of aryl methyl sites for hydroxylation is 1. The molecule has 1 aromatic carbocycles. The molecule has 1 fully saturated rings. The van der Waals surface area contributed by atoms with Gasteiger partial charge in [-0.3, -0.25) is 0 Å². The number of ether oxygens (including phenoxy) is 1. The van der Waals surface area contributed by atoms with Gasteiger partial charge in [-0.1, -0.05) is 12.1 Å². The first kappa shape index (κ1) is 16.6. The molecule has 0 aliphatic heterocycles. The van der Waals surface area contributed by atoms with Crippen molar-refractivity contribution in [3.63, 3.8) is 0 Å². The van der Waals surface area contributed by atoms with Crippen LogP contribution in [-0.4, -0.2) is 19.5 Å². The van der Waals surface area contributed by atoms with E-state index >= 15 is 0 Å². The summed E-state index contributed by atoms with van der Waals surface area (Å²) in [6.45, 7) is 5.68. The number of imidazole rings is 1. The zero-order chi connectivity index (χ0) is 18.3. The quantitative estimate of drug-likeness (QED) is 0.756. The van der Waals surface area contributed by atoms with Crippen LogP contribution in [0.1, 0.15) is 54.4 Å². The maximum absolute atomic E-state index is 6.03. The first-order chi connectivity index (χ1) is 12.5. The van der Waals surface area contributed by atoms with Crippen LogP contribution in [0.15, 0.2) is 36.8 Å². The van der Waals surface area contributed by atoms with Gasteiger partial charge in [-0.2, -0.15) is 4.98 Å². The normalized spacial score (nSPS) is 15.0. The summed E-state index contributed by atoms with van der Waals surface area (Å²) in [4.78, 5) is 13.0. The van der Waals surface area contributed by atoms with Gasteiger partial charge < -0.3 is 15.0 Å². The SMILES string of the molecule is Cc1nc(N)c(C)c(O[C@@H](C)c2ccc(-n3cnc(C4CC4)c3)cc2)n1. The van der Waals surface area contributed by atoms with E-state index in [4.69, 9.17) is 10.5 Å². The summed E-state index contributed by atoms with van der Waals surface area (Å²) in [5, 5.41) is 0. The molecule has 0 saturated heterocycles. The first-order valence-corrected chi connectivity index (χ1v) is 8.93. The second-order valence-corrected chi connectivity index (χ2v) is 6.92. The van der Waals surface area contributed by atoms with Gasteiger partial charge in [0.05, 0.1) is 17.6 Å². The Kier molecular flexibility index (Phi) is 4.11. The fraction of sp³-hybridized carbons (Fsp3) is 0.350. The number of anilines is 1.